The van der Waals surface area contributed by atoms with Gasteiger partial charge in [-0.1, -0.05) is 24.9 Å². The SMILES string of the molecule is C[C@H]([C@@H](C)CC=C(F)F)S(=O)[O-]. The van der Waals surface area contributed by atoms with Gasteiger partial charge < -0.3 is 4.55 Å². The Hall–Kier alpha value is -0.290. The zero-order chi connectivity index (χ0) is 9.72. The van der Waals surface area contributed by atoms with Gasteiger partial charge in [-0.15, -0.1) is 0 Å². The summed E-state index contributed by atoms with van der Waals surface area (Å²) < 4.78 is 43.9. The van der Waals surface area contributed by atoms with Gasteiger partial charge in [-0.2, -0.15) is 8.78 Å². The highest BCUT2D eigenvalue weighted by Crippen LogP contribution is 2.14. The summed E-state index contributed by atoms with van der Waals surface area (Å²) in [6.45, 7) is 3.12. The van der Waals surface area contributed by atoms with E-state index in [2.05, 4.69) is 0 Å². The Morgan fingerprint density at radius 1 is 1.58 bits per heavy atom. The first kappa shape index (κ1) is 11.7. The second-order valence-corrected chi connectivity index (χ2v) is 3.94. The number of hydrogen-bond acceptors (Lipinski definition) is 2. The van der Waals surface area contributed by atoms with Crippen molar-refractivity contribution in [3.63, 3.8) is 0 Å². The lowest BCUT2D eigenvalue weighted by Crippen LogP contribution is -2.19. The molecular weight excluding hydrogens is 186 g/mol. The summed E-state index contributed by atoms with van der Waals surface area (Å²) in [7, 11) is 0. The molecule has 5 heteroatoms. The highest BCUT2D eigenvalue weighted by atomic mass is 32.2. The fourth-order valence-electron chi connectivity index (χ4n) is 0.656. The first-order valence-electron chi connectivity index (χ1n) is 3.54. The third kappa shape index (κ3) is 4.56. The molecule has 0 aliphatic heterocycles. The predicted molar refractivity (Wildman–Crippen MR) is 42.5 cm³/mol. The molecular formula is C7H11F2O2S-. The van der Waals surface area contributed by atoms with Crippen LogP contribution in [0, 0.1) is 5.92 Å². The molecule has 0 aromatic heterocycles. The molecule has 2 nitrogen and oxygen atoms in total. The van der Waals surface area contributed by atoms with Gasteiger partial charge in [0.15, 0.2) is 0 Å². The third-order valence-corrected chi connectivity index (χ3v) is 2.82. The summed E-state index contributed by atoms with van der Waals surface area (Å²) in [4.78, 5) is 0. The zero-order valence-corrected chi connectivity index (χ0v) is 7.74. The Kier molecular flexibility index (Phi) is 5.24. The van der Waals surface area contributed by atoms with E-state index in [0.29, 0.717) is 0 Å². The average Bonchev–Trinajstić information content (AvgIpc) is 1.98. The largest absolute Gasteiger partial charge is 0.772 e. The van der Waals surface area contributed by atoms with Gasteiger partial charge in [0.1, 0.15) is 0 Å². The van der Waals surface area contributed by atoms with Gasteiger partial charge in [-0.3, -0.25) is 4.21 Å². The minimum absolute atomic E-state index is 0.0947. The molecule has 0 fully saturated rings. The van der Waals surface area contributed by atoms with Crippen molar-refractivity contribution in [3.05, 3.63) is 12.2 Å². The lowest BCUT2D eigenvalue weighted by molar-refractivity contribution is 0.410. The van der Waals surface area contributed by atoms with Crippen LogP contribution in [-0.4, -0.2) is 14.0 Å². The smallest absolute Gasteiger partial charge is 0.266 e. The van der Waals surface area contributed by atoms with E-state index in [1.807, 2.05) is 0 Å². The molecule has 0 aromatic rings. The van der Waals surface area contributed by atoms with Crippen molar-refractivity contribution in [2.75, 3.05) is 0 Å². The van der Waals surface area contributed by atoms with E-state index in [4.69, 9.17) is 0 Å². The lowest BCUT2D eigenvalue weighted by Gasteiger charge is -2.20. The fraction of sp³-hybridized carbons (Fsp3) is 0.714. The van der Waals surface area contributed by atoms with Crippen LogP contribution in [0.25, 0.3) is 0 Å². The molecule has 0 heterocycles. The highest BCUT2D eigenvalue weighted by Gasteiger charge is 2.11. The molecule has 72 valence electrons. The lowest BCUT2D eigenvalue weighted by atomic mass is 10.1. The predicted octanol–water partition coefficient (Wildman–Crippen LogP) is 2.06. The van der Waals surface area contributed by atoms with E-state index < -0.39 is 22.4 Å². The first-order chi connectivity index (χ1) is 5.45. The van der Waals surface area contributed by atoms with Gasteiger partial charge in [-0.25, -0.2) is 0 Å². The van der Waals surface area contributed by atoms with Gasteiger partial charge in [0, 0.05) is 5.25 Å². The molecule has 0 amide bonds. The average molecular weight is 197 g/mol. The Labute approximate surface area is 72.9 Å². The van der Waals surface area contributed by atoms with E-state index in [9.17, 15) is 17.5 Å². The minimum atomic E-state index is -2.18. The van der Waals surface area contributed by atoms with Crippen LogP contribution >= 0.6 is 0 Å². The molecule has 0 saturated carbocycles. The van der Waals surface area contributed by atoms with Crippen molar-refractivity contribution in [1.82, 2.24) is 0 Å². The van der Waals surface area contributed by atoms with Crippen molar-refractivity contribution in [1.29, 1.82) is 0 Å². The fourth-order valence-corrected chi connectivity index (χ4v) is 1.15. The maximum Gasteiger partial charge on any atom is 0.266 e. The van der Waals surface area contributed by atoms with Crippen molar-refractivity contribution < 1.29 is 17.5 Å². The standard InChI is InChI=1S/C7H12F2O2S/c1-5(3-4-7(8)9)6(2)12(10)11/h4-6H,3H2,1-2H3,(H,10,11)/p-1/t5-,6+/m0/s1. The number of allylic oxidation sites excluding steroid dienone is 1. The third-order valence-electron chi connectivity index (χ3n) is 1.75. The van der Waals surface area contributed by atoms with E-state index in [1.54, 1.807) is 6.92 Å². The van der Waals surface area contributed by atoms with Crippen LogP contribution in [0.15, 0.2) is 12.2 Å². The normalized spacial score (nSPS) is 18.1. The second kappa shape index (κ2) is 5.37. The molecule has 1 unspecified atom stereocenters. The van der Waals surface area contributed by atoms with Crippen molar-refractivity contribution >= 4 is 11.1 Å². The summed E-state index contributed by atoms with van der Waals surface area (Å²) in [5, 5.41) is -0.583. The molecule has 3 atom stereocenters. The summed E-state index contributed by atoms with van der Waals surface area (Å²) >= 11 is -2.18. The number of hydrogen-bond donors (Lipinski definition) is 0. The van der Waals surface area contributed by atoms with Gasteiger partial charge in [0.2, 0.25) is 0 Å². The van der Waals surface area contributed by atoms with E-state index in [-0.39, 0.29) is 12.3 Å². The highest BCUT2D eigenvalue weighted by molar-refractivity contribution is 7.79. The molecule has 0 radical (unpaired) electrons. The van der Waals surface area contributed by atoms with Gasteiger partial charge >= 0.3 is 0 Å². The Bertz CT molecular complexity index is 190. The summed E-state index contributed by atoms with van der Waals surface area (Å²) in [5.41, 5.74) is 0. The van der Waals surface area contributed by atoms with Crippen LogP contribution in [0.2, 0.25) is 0 Å². The maximum absolute atomic E-state index is 11.6. The Morgan fingerprint density at radius 3 is 2.42 bits per heavy atom. The molecule has 0 saturated heterocycles. The summed E-state index contributed by atoms with van der Waals surface area (Å²) in [6, 6.07) is 0. The number of halogens is 2. The van der Waals surface area contributed by atoms with Crippen LogP contribution in [-0.2, 0) is 11.1 Å². The molecule has 0 bridgehead atoms. The van der Waals surface area contributed by atoms with Crippen LogP contribution in [0.3, 0.4) is 0 Å². The van der Waals surface area contributed by atoms with Crippen LogP contribution in [0.4, 0.5) is 8.78 Å². The maximum atomic E-state index is 11.6. The van der Waals surface area contributed by atoms with E-state index in [0.717, 1.165) is 6.08 Å². The van der Waals surface area contributed by atoms with Crippen molar-refractivity contribution in [3.8, 4) is 0 Å². The molecule has 0 spiro atoms. The summed E-state index contributed by atoms with van der Waals surface area (Å²) in [6.07, 6.45) is -0.920. The molecule has 12 heavy (non-hydrogen) atoms. The van der Waals surface area contributed by atoms with Crippen LogP contribution in [0.5, 0.6) is 0 Å². The van der Waals surface area contributed by atoms with Crippen molar-refractivity contribution in [2.24, 2.45) is 5.92 Å². The quantitative estimate of drug-likeness (QED) is 0.647. The monoisotopic (exact) mass is 197 g/mol. The van der Waals surface area contributed by atoms with Gasteiger partial charge in [0.25, 0.3) is 6.08 Å². The van der Waals surface area contributed by atoms with E-state index in [1.165, 1.54) is 6.92 Å². The van der Waals surface area contributed by atoms with E-state index >= 15 is 0 Å². The minimum Gasteiger partial charge on any atom is -0.772 e. The second-order valence-electron chi connectivity index (χ2n) is 2.67. The molecule has 0 aromatic carbocycles. The van der Waals surface area contributed by atoms with Crippen molar-refractivity contribution in [2.45, 2.75) is 25.5 Å². The summed E-state index contributed by atoms with van der Waals surface area (Å²) in [5.74, 6) is -0.273. The number of rotatable bonds is 4. The Balaban J connectivity index is 3.95. The molecule has 0 aliphatic rings. The molecule has 0 aliphatic carbocycles. The van der Waals surface area contributed by atoms with Crippen LogP contribution in [0.1, 0.15) is 20.3 Å². The topological polar surface area (TPSA) is 40.1 Å². The molecule has 0 N–H and O–H groups in total. The van der Waals surface area contributed by atoms with Gasteiger partial charge in [0.05, 0.1) is 0 Å². The Morgan fingerprint density at radius 2 is 2.08 bits per heavy atom. The molecule has 0 rings (SSSR count). The zero-order valence-electron chi connectivity index (χ0n) is 6.92. The van der Waals surface area contributed by atoms with Gasteiger partial charge in [-0.05, 0) is 18.4 Å². The van der Waals surface area contributed by atoms with Crippen LogP contribution < -0.4 is 0 Å². The first-order valence-corrected chi connectivity index (χ1v) is 4.68.